The van der Waals surface area contributed by atoms with E-state index in [0.717, 1.165) is 32.1 Å². The smallest absolute Gasteiger partial charge is 0.313 e. The van der Waals surface area contributed by atoms with Gasteiger partial charge in [-0.1, -0.05) is 52.9 Å². The van der Waals surface area contributed by atoms with Gasteiger partial charge in [0.25, 0.3) is 0 Å². The van der Waals surface area contributed by atoms with E-state index in [2.05, 4.69) is 6.92 Å². The molecule has 0 amide bonds. The third-order valence-corrected chi connectivity index (χ3v) is 11.9. The number of hydrogen-bond donors (Lipinski definition) is 0. The van der Waals surface area contributed by atoms with Gasteiger partial charge in [-0.05, 0) is 88.4 Å². The van der Waals surface area contributed by atoms with Crippen molar-refractivity contribution in [2.45, 2.75) is 162 Å². The van der Waals surface area contributed by atoms with Gasteiger partial charge in [-0.2, -0.15) is 0 Å². The SMILES string of the molecule is CCC1(C(C)=O)CC2CC(CC(=O)OC3CCC(C)CC3OC(=O)C(CC)(CC(=O)OC)CC3CCCCC3)(CCC(=O)O2)C1. The lowest BCUT2D eigenvalue weighted by molar-refractivity contribution is -0.185. The topological polar surface area (TPSA) is 122 Å². The summed E-state index contributed by atoms with van der Waals surface area (Å²) in [6.45, 7) is 7.63. The summed E-state index contributed by atoms with van der Waals surface area (Å²) < 4.78 is 23.2. The lowest BCUT2D eigenvalue weighted by atomic mass is 9.56. The molecule has 9 heteroatoms. The molecule has 4 aliphatic rings. The van der Waals surface area contributed by atoms with Gasteiger partial charge in [-0.3, -0.25) is 24.0 Å². The average Bonchev–Trinajstić information content (AvgIpc) is 3.12. The number of hydrogen-bond acceptors (Lipinski definition) is 9. The molecule has 3 saturated carbocycles. The van der Waals surface area contributed by atoms with Crippen LogP contribution in [0.3, 0.4) is 0 Å². The third-order valence-electron chi connectivity index (χ3n) is 11.9. The van der Waals surface area contributed by atoms with E-state index >= 15 is 0 Å². The van der Waals surface area contributed by atoms with Crippen LogP contribution in [0.5, 0.6) is 0 Å². The highest BCUT2D eigenvalue weighted by Crippen LogP contribution is 2.55. The largest absolute Gasteiger partial charge is 0.469 e. The number of esters is 4. The van der Waals surface area contributed by atoms with Crippen molar-refractivity contribution in [3.05, 3.63) is 0 Å². The normalized spacial score (nSPS) is 33.6. The summed E-state index contributed by atoms with van der Waals surface area (Å²) in [5, 5.41) is 0. The van der Waals surface area contributed by atoms with Crippen molar-refractivity contribution in [2.75, 3.05) is 7.11 Å². The van der Waals surface area contributed by atoms with Crippen molar-refractivity contribution in [3.63, 3.8) is 0 Å². The molecule has 0 aromatic rings. The molecule has 0 N–H and O–H groups in total. The zero-order valence-corrected chi connectivity index (χ0v) is 28.3. The maximum absolute atomic E-state index is 14.1. The predicted molar refractivity (Wildman–Crippen MR) is 167 cm³/mol. The number of carbonyl (C=O) groups excluding carboxylic acids is 5. The molecule has 0 aromatic heterocycles. The van der Waals surface area contributed by atoms with Gasteiger partial charge in [0.1, 0.15) is 24.1 Å². The lowest BCUT2D eigenvalue weighted by Gasteiger charge is -2.48. The fourth-order valence-corrected chi connectivity index (χ4v) is 9.02. The molecule has 1 aliphatic heterocycles. The Hall–Kier alpha value is -2.45. The van der Waals surface area contributed by atoms with Crippen LogP contribution in [0.1, 0.15) is 143 Å². The first-order valence-corrected chi connectivity index (χ1v) is 17.5. The van der Waals surface area contributed by atoms with E-state index in [0.29, 0.717) is 63.7 Å². The number of ether oxygens (including phenoxy) is 4. The first-order chi connectivity index (χ1) is 21.4. The van der Waals surface area contributed by atoms with Crippen molar-refractivity contribution in [2.24, 2.45) is 28.1 Å². The third kappa shape index (κ3) is 8.48. The zero-order valence-electron chi connectivity index (χ0n) is 28.3. The summed E-state index contributed by atoms with van der Waals surface area (Å²) in [5.74, 6) is -0.780. The van der Waals surface area contributed by atoms with Crippen LogP contribution in [-0.4, -0.2) is 55.1 Å². The summed E-state index contributed by atoms with van der Waals surface area (Å²) in [7, 11) is 1.35. The molecule has 4 rings (SSSR count). The standard InChI is InChI=1S/C36H56O9/c1-6-35(22-31(39)42-5,18-26-11-9-8-10-12-26)33(41)45-29-17-24(3)13-14-28(29)44-32(40)21-34-16-15-30(38)43-27(19-34)20-36(7-2,23-34)25(4)37/h24,26-29H,6-23H2,1-5H3. The molecule has 7 unspecified atom stereocenters. The molecular weight excluding hydrogens is 576 g/mol. The fraction of sp³-hybridized carbons (Fsp3) is 0.861. The van der Waals surface area contributed by atoms with Crippen LogP contribution in [0, 0.1) is 28.1 Å². The van der Waals surface area contributed by atoms with E-state index in [-0.39, 0.29) is 36.9 Å². The van der Waals surface area contributed by atoms with Crippen molar-refractivity contribution in [3.8, 4) is 0 Å². The summed E-state index contributed by atoms with van der Waals surface area (Å²) in [5.41, 5.74) is -2.18. The van der Waals surface area contributed by atoms with Gasteiger partial charge in [-0.25, -0.2) is 0 Å². The van der Waals surface area contributed by atoms with E-state index < -0.39 is 52.5 Å². The molecular formula is C36H56O9. The Morgan fingerprint density at radius 1 is 0.956 bits per heavy atom. The van der Waals surface area contributed by atoms with Crippen LogP contribution < -0.4 is 0 Å². The molecule has 4 fully saturated rings. The molecule has 7 atom stereocenters. The van der Waals surface area contributed by atoms with E-state index in [4.69, 9.17) is 18.9 Å². The second-order valence-corrected chi connectivity index (χ2v) is 15.0. The van der Waals surface area contributed by atoms with Gasteiger partial charge in [0.15, 0.2) is 0 Å². The molecule has 0 spiro atoms. The molecule has 254 valence electrons. The highest BCUT2D eigenvalue weighted by Gasteiger charge is 2.54. The zero-order chi connectivity index (χ0) is 32.8. The van der Waals surface area contributed by atoms with E-state index in [9.17, 15) is 24.0 Å². The fourth-order valence-electron chi connectivity index (χ4n) is 9.02. The first kappa shape index (κ1) is 35.4. The Kier molecular flexibility index (Phi) is 11.8. The summed E-state index contributed by atoms with van der Waals surface area (Å²) >= 11 is 0. The summed E-state index contributed by atoms with van der Waals surface area (Å²) in [6, 6.07) is 0. The molecule has 45 heavy (non-hydrogen) atoms. The molecule has 1 saturated heterocycles. The van der Waals surface area contributed by atoms with E-state index in [1.807, 2.05) is 13.8 Å². The molecule has 9 nitrogen and oxygen atoms in total. The maximum Gasteiger partial charge on any atom is 0.313 e. The van der Waals surface area contributed by atoms with Gasteiger partial charge in [0.05, 0.1) is 25.4 Å². The van der Waals surface area contributed by atoms with Crippen LogP contribution >= 0.6 is 0 Å². The van der Waals surface area contributed by atoms with E-state index in [1.54, 1.807) is 6.92 Å². The van der Waals surface area contributed by atoms with Gasteiger partial charge in [-0.15, -0.1) is 0 Å². The van der Waals surface area contributed by atoms with Gasteiger partial charge in [0.2, 0.25) is 0 Å². The minimum atomic E-state index is -0.983. The van der Waals surface area contributed by atoms with Crippen LogP contribution in [0.4, 0.5) is 0 Å². The minimum absolute atomic E-state index is 0.0259. The van der Waals surface area contributed by atoms with Crippen molar-refractivity contribution in [1.29, 1.82) is 0 Å². The highest BCUT2D eigenvalue weighted by atomic mass is 16.6. The van der Waals surface area contributed by atoms with Crippen molar-refractivity contribution < 1.29 is 42.9 Å². The van der Waals surface area contributed by atoms with E-state index in [1.165, 1.54) is 13.5 Å². The van der Waals surface area contributed by atoms with Gasteiger partial charge >= 0.3 is 23.9 Å². The Labute approximate surface area is 269 Å². The Morgan fingerprint density at radius 3 is 2.33 bits per heavy atom. The number of rotatable bonds is 12. The second-order valence-electron chi connectivity index (χ2n) is 15.0. The number of fused-ring (bicyclic) bond motifs is 2. The van der Waals surface area contributed by atoms with Crippen LogP contribution in [0.2, 0.25) is 0 Å². The Balaban J connectivity index is 1.51. The number of methoxy groups -OCH3 is 1. The highest BCUT2D eigenvalue weighted by molar-refractivity contribution is 5.84. The van der Waals surface area contributed by atoms with Crippen LogP contribution in [0.25, 0.3) is 0 Å². The Morgan fingerprint density at radius 2 is 1.69 bits per heavy atom. The Bertz CT molecular complexity index is 1100. The number of carbonyl (C=O) groups is 5. The number of ketones is 1. The van der Waals surface area contributed by atoms with Crippen LogP contribution in [-0.2, 0) is 42.9 Å². The summed E-state index contributed by atoms with van der Waals surface area (Å²) in [4.78, 5) is 65.7. The lowest BCUT2D eigenvalue weighted by Crippen LogP contribution is -2.47. The second kappa shape index (κ2) is 15.0. The van der Waals surface area contributed by atoms with Crippen molar-refractivity contribution >= 4 is 29.7 Å². The quantitative estimate of drug-likeness (QED) is 0.169. The molecule has 2 bridgehead atoms. The molecule has 0 radical (unpaired) electrons. The predicted octanol–water partition coefficient (Wildman–Crippen LogP) is 6.81. The minimum Gasteiger partial charge on any atom is -0.469 e. The average molecular weight is 633 g/mol. The monoisotopic (exact) mass is 632 g/mol. The number of Topliss-reactive ketones (excluding diaryl/α,β-unsaturated/α-hetero) is 1. The summed E-state index contributed by atoms with van der Waals surface area (Å²) in [6.07, 6.45) is 9.91. The maximum atomic E-state index is 14.1. The molecule has 0 aromatic carbocycles. The van der Waals surface area contributed by atoms with Gasteiger partial charge in [0, 0.05) is 11.8 Å². The molecule has 3 aliphatic carbocycles. The van der Waals surface area contributed by atoms with Crippen LogP contribution in [0.15, 0.2) is 0 Å². The van der Waals surface area contributed by atoms with Gasteiger partial charge < -0.3 is 18.9 Å². The van der Waals surface area contributed by atoms with Crippen molar-refractivity contribution in [1.82, 2.24) is 0 Å². The first-order valence-electron chi connectivity index (χ1n) is 17.5. The molecule has 1 heterocycles.